The highest BCUT2D eigenvalue weighted by molar-refractivity contribution is 7.10. The van der Waals surface area contributed by atoms with Gasteiger partial charge < -0.3 is 0 Å². The van der Waals surface area contributed by atoms with E-state index in [0.717, 1.165) is 13.0 Å². The first kappa shape index (κ1) is 10.9. The van der Waals surface area contributed by atoms with E-state index in [9.17, 15) is 0 Å². The van der Waals surface area contributed by atoms with Crippen LogP contribution in [0.25, 0.3) is 10.8 Å². The topological polar surface area (TPSA) is 12.4 Å². The molecule has 0 amide bonds. The second kappa shape index (κ2) is 4.32. The zero-order valence-electron chi connectivity index (χ0n) is 10.5. The minimum absolute atomic E-state index is 0.909. The largest absolute Gasteiger partial charge is 0.284 e. The molecule has 0 bridgehead atoms. The van der Waals surface area contributed by atoms with Crippen molar-refractivity contribution in [3.8, 4) is 0 Å². The Morgan fingerprint density at radius 1 is 0.895 bits per heavy atom. The molecule has 0 aliphatic carbocycles. The number of hydrogen-bond donors (Lipinski definition) is 0. The molecule has 4 rings (SSSR count). The van der Waals surface area contributed by atoms with Crippen molar-refractivity contribution >= 4 is 27.8 Å². The first-order valence-corrected chi connectivity index (χ1v) is 7.41. The van der Waals surface area contributed by atoms with Gasteiger partial charge >= 0.3 is 0 Å². The standard InChI is InChI=1S/C17H13NS/c1-2-6-13-12(4-1)5-3-7-14(13)17-15-9-11-19-16(15)8-10-18-17/h1-7,9,11H,8,10H2. The summed E-state index contributed by atoms with van der Waals surface area (Å²) in [6.45, 7) is 0.909. The molecule has 1 aromatic heterocycles. The van der Waals surface area contributed by atoms with Crippen LogP contribution in [0.4, 0.5) is 0 Å². The zero-order valence-corrected chi connectivity index (χ0v) is 11.3. The average molecular weight is 263 g/mol. The van der Waals surface area contributed by atoms with Crippen LogP contribution in [0.2, 0.25) is 0 Å². The predicted octanol–water partition coefficient (Wildman–Crippen LogP) is 4.29. The van der Waals surface area contributed by atoms with Crippen molar-refractivity contribution in [2.75, 3.05) is 6.54 Å². The Kier molecular flexibility index (Phi) is 2.49. The third-order valence-corrected chi connectivity index (χ3v) is 4.63. The summed E-state index contributed by atoms with van der Waals surface area (Å²) in [7, 11) is 0. The molecule has 0 unspecified atom stereocenters. The summed E-state index contributed by atoms with van der Waals surface area (Å²) in [4.78, 5) is 6.26. The Labute approximate surface area is 116 Å². The van der Waals surface area contributed by atoms with Gasteiger partial charge in [-0.25, -0.2) is 0 Å². The molecule has 0 atom stereocenters. The molecule has 0 radical (unpaired) electrons. The molecular formula is C17H13NS. The Morgan fingerprint density at radius 3 is 2.79 bits per heavy atom. The fourth-order valence-corrected chi connectivity index (χ4v) is 3.63. The lowest BCUT2D eigenvalue weighted by Gasteiger charge is -2.15. The van der Waals surface area contributed by atoms with Crippen molar-refractivity contribution in [3.63, 3.8) is 0 Å². The minimum atomic E-state index is 0.909. The molecule has 19 heavy (non-hydrogen) atoms. The first-order valence-electron chi connectivity index (χ1n) is 6.53. The lowest BCUT2D eigenvalue weighted by molar-refractivity contribution is 0.966. The van der Waals surface area contributed by atoms with Gasteiger partial charge in [-0.1, -0.05) is 42.5 Å². The highest BCUT2D eigenvalue weighted by atomic mass is 32.1. The van der Waals surface area contributed by atoms with E-state index >= 15 is 0 Å². The molecular weight excluding hydrogens is 250 g/mol. The van der Waals surface area contributed by atoms with Gasteiger partial charge in [-0.15, -0.1) is 11.3 Å². The molecule has 0 spiro atoms. The van der Waals surface area contributed by atoms with Gasteiger partial charge in [0.05, 0.1) is 5.71 Å². The quantitative estimate of drug-likeness (QED) is 0.621. The molecule has 2 heterocycles. The van der Waals surface area contributed by atoms with E-state index in [2.05, 4.69) is 53.9 Å². The zero-order chi connectivity index (χ0) is 12.7. The highest BCUT2D eigenvalue weighted by Crippen LogP contribution is 2.28. The van der Waals surface area contributed by atoms with E-state index in [1.165, 1.54) is 32.5 Å². The number of nitrogens with zero attached hydrogens (tertiary/aromatic N) is 1. The van der Waals surface area contributed by atoms with E-state index in [0.29, 0.717) is 0 Å². The Bertz CT molecular complexity index is 777. The Morgan fingerprint density at radius 2 is 1.79 bits per heavy atom. The summed E-state index contributed by atoms with van der Waals surface area (Å²) < 4.78 is 0. The maximum absolute atomic E-state index is 4.79. The fraction of sp³-hybridized carbons (Fsp3) is 0.118. The second-order valence-corrected chi connectivity index (χ2v) is 5.77. The molecule has 0 N–H and O–H groups in total. The molecule has 2 aromatic carbocycles. The summed E-state index contributed by atoms with van der Waals surface area (Å²) in [5.74, 6) is 0. The number of benzene rings is 2. The first-order chi connectivity index (χ1) is 9.43. The van der Waals surface area contributed by atoms with Gasteiger partial charge in [-0.05, 0) is 22.2 Å². The summed E-state index contributed by atoms with van der Waals surface area (Å²) >= 11 is 1.85. The van der Waals surface area contributed by atoms with Crippen LogP contribution in [0.15, 0.2) is 58.9 Å². The number of hydrogen-bond acceptors (Lipinski definition) is 2. The van der Waals surface area contributed by atoms with Gasteiger partial charge in [-0.2, -0.15) is 0 Å². The van der Waals surface area contributed by atoms with Crippen LogP contribution in [0, 0.1) is 0 Å². The number of rotatable bonds is 1. The Balaban J connectivity index is 1.99. The summed E-state index contributed by atoms with van der Waals surface area (Å²) in [5, 5.41) is 4.75. The van der Waals surface area contributed by atoms with Crippen LogP contribution >= 0.6 is 11.3 Å². The molecule has 0 fully saturated rings. The van der Waals surface area contributed by atoms with Crippen LogP contribution in [0.5, 0.6) is 0 Å². The van der Waals surface area contributed by atoms with Crippen molar-refractivity contribution in [2.24, 2.45) is 4.99 Å². The summed E-state index contributed by atoms with van der Waals surface area (Å²) in [6, 6.07) is 17.2. The normalized spacial score (nSPS) is 14.2. The van der Waals surface area contributed by atoms with E-state index in [1.54, 1.807) is 0 Å². The summed E-state index contributed by atoms with van der Waals surface area (Å²) in [6.07, 6.45) is 1.08. The Hall–Kier alpha value is -1.93. The van der Waals surface area contributed by atoms with Gasteiger partial charge in [0.15, 0.2) is 0 Å². The van der Waals surface area contributed by atoms with Gasteiger partial charge in [0.2, 0.25) is 0 Å². The maximum Gasteiger partial charge on any atom is 0.0736 e. The number of aliphatic imine (C=N–C) groups is 1. The van der Waals surface area contributed by atoms with Gasteiger partial charge in [0, 0.05) is 29.0 Å². The molecule has 0 saturated carbocycles. The van der Waals surface area contributed by atoms with Crippen molar-refractivity contribution < 1.29 is 0 Å². The van der Waals surface area contributed by atoms with Crippen molar-refractivity contribution in [3.05, 3.63) is 69.9 Å². The van der Waals surface area contributed by atoms with Gasteiger partial charge in [0.1, 0.15) is 0 Å². The van der Waals surface area contributed by atoms with E-state index in [4.69, 9.17) is 4.99 Å². The SMILES string of the molecule is c1ccc2c(C3=NCCc4sccc43)cccc2c1. The molecule has 1 nitrogen and oxygen atoms in total. The smallest absolute Gasteiger partial charge is 0.0736 e. The third kappa shape index (κ3) is 1.71. The van der Waals surface area contributed by atoms with Crippen molar-refractivity contribution in [2.45, 2.75) is 6.42 Å². The third-order valence-electron chi connectivity index (χ3n) is 3.65. The minimum Gasteiger partial charge on any atom is -0.284 e. The average Bonchev–Trinajstić information content (AvgIpc) is 2.95. The molecule has 92 valence electrons. The molecule has 0 saturated heterocycles. The summed E-state index contributed by atoms with van der Waals surface area (Å²) in [5.41, 5.74) is 3.75. The van der Waals surface area contributed by atoms with Gasteiger partial charge in [-0.3, -0.25) is 4.99 Å². The van der Waals surface area contributed by atoms with Crippen LogP contribution in [-0.4, -0.2) is 12.3 Å². The van der Waals surface area contributed by atoms with Crippen molar-refractivity contribution in [1.29, 1.82) is 0 Å². The van der Waals surface area contributed by atoms with Crippen LogP contribution in [-0.2, 0) is 6.42 Å². The van der Waals surface area contributed by atoms with Crippen LogP contribution in [0.1, 0.15) is 16.0 Å². The number of fused-ring (bicyclic) bond motifs is 2. The fourth-order valence-electron chi connectivity index (χ4n) is 2.76. The molecule has 3 aromatic rings. The molecule has 1 aliphatic rings. The van der Waals surface area contributed by atoms with E-state index < -0.39 is 0 Å². The van der Waals surface area contributed by atoms with E-state index in [1.807, 2.05) is 11.3 Å². The molecule has 1 aliphatic heterocycles. The highest BCUT2D eigenvalue weighted by Gasteiger charge is 2.18. The predicted molar refractivity (Wildman–Crippen MR) is 82.5 cm³/mol. The second-order valence-electron chi connectivity index (χ2n) is 4.76. The lowest BCUT2D eigenvalue weighted by atomic mass is 9.95. The van der Waals surface area contributed by atoms with Crippen LogP contribution in [0.3, 0.4) is 0 Å². The monoisotopic (exact) mass is 263 g/mol. The van der Waals surface area contributed by atoms with Crippen LogP contribution < -0.4 is 0 Å². The van der Waals surface area contributed by atoms with Gasteiger partial charge in [0.25, 0.3) is 0 Å². The maximum atomic E-state index is 4.79. The van der Waals surface area contributed by atoms with Crippen molar-refractivity contribution in [1.82, 2.24) is 0 Å². The number of thiophene rings is 1. The lowest BCUT2D eigenvalue weighted by Crippen LogP contribution is -2.12. The molecule has 2 heteroatoms. The van der Waals surface area contributed by atoms with E-state index in [-0.39, 0.29) is 0 Å².